The average molecular weight is 552 g/mol. The molecule has 0 spiro atoms. The summed E-state index contributed by atoms with van der Waals surface area (Å²) in [6, 6.07) is 13.8. The Morgan fingerprint density at radius 1 is 1.15 bits per heavy atom. The summed E-state index contributed by atoms with van der Waals surface area (Å²) in [6.07, 6.45) is 4.03. The van der Waals surface area contributed by atoms with Crippen molar-refractivity contribution in [3.8, 4) is 16.9 Å². The summed E-state index contributed by atoms with van der Waals surface area (Å²) >= 11 is 6.49. The SMILES string of the molecule is Cc1ccc(OCCCCC(C)(C)O)cc1-c1cc(NC(=O)c2n[nH]c(Cc3ccccc3F)n2)ncc1Cl. The van der Waals surface area contributed by atoms with E-state index in [0.29, 0.717) is 40.8 Å². The molecule has 2 aromatic carbocycles. The number of nitrogens with one attached hydrogen (secondary N) is 2. The lowest BCUT2D eigenvalue weighted by atomic mass is 10.0. The van der Waals surface area contributed by atoms with Crippen LogP contribution in [0.15, 0.2) is 54.7 Å². The summed E-state index contributed by atoms with van der Waals surface area (Å²) in [5.74, 6) is 0.330. The Labute approximate surface area is 231 Å². The third kappa shape index (κ3) is 7.84. The Hall–Kier alpha value is -3.82. The highest BCUT2D eigenvalue weighted by molar-refractivity contribution is 6.33. The van der Waals surface area contributed by atoms with Crippen LogP contribution in [-0.4, -0.2) is 43.4 Å². The summed E-state index contributed by atoms with van der Waals surface area (Å²) < 4.78 is 19.9. The van der Waals surface area contributed by atoms with E-state index in [2.05, 4.69) is 25.5 Å². The number of carbonyl (C=O) groups is 1. The van der Waals surface area contributed by atoms with Crippen LogP contribution in [0, 0.1) is 12.7 Å². The highest BCUT2D eigenvalue weighted by Gasteiger charge is 2.17. The van der Waals surface area contributed by atoms with E-state index in [-0.39, 0.29) is 23.9 Å². The topological polar surface area (TPSA) is 113 Å². The Balaban J connectivity index is 1.44. The quantitative estimate of drug-likeness (QED) is 0.193. The van der Waals surface area contributed by atoms with Crippen molar-refractivity contribution in [2.75, 3.05) is 11.9 Å². The molecule has 10 heteroatoms. The second-order valence-corrected chi connectivity index (χ2v) is 10.4. The predicted molar refractivity (Wildman–Crippen MR) is 149 cm³/mol. The Bertz CT molecular complexity index is 1450. The molecule has 0 saturated heterocycles. The number of benzene rings is 2. The molecule has 0 aliphatic heterocycles. The molecule has 204 valence electrons. The molecule has 0 fully saturated rings. The monoisotopic (exact) mass is 551 g/mol. The van der Waals surface area contributed by atoms with E-state index in [1.54, 1.807) is 38.1 Å². The van der Waals surface area contributed by atoms with Gasteiger partial charge in [-0.3, -0.25) is 9.89 Å². The van der Waals surface area contributed by atoms with Crippen LogP contribution in [0.4, 0.5) is 10.2 Å². The molecular weight excluding hydrogens is 521 g/mol. The summed E-state index contributed by atoms with van der Waals surface area (Å²) in [5, 5.41) is 19.6. The van der Waals surface area contributed by atoms with Gasteiger partial charge in [0, 0.05) is 18.2 Å². The number of unbranched alkanes of at least 4 members (excludes halogenated alkanes) is 1. The molecule has 0 aliphatic carbocycles. The molecule has 0 bridgehead atoms. The fraction of sp³-hybridized carbons (Fsp3) is 0.310. The molecule has 4 rings (SSSR count). The highest BCUT2D eigenvalue weighted by atomic mass is 35.5. The first kappa shape index (κ1) is 28.2. The summed E-state index contributed by atoms with van der Waals surface area (Å²) in [5.41, 5.74) is 2.26. The molecule has 4 aromatic rings. The van der Waals surface area contributed by atoms with E-state index in [9.17, 15) is 14.3 Å². The van der Waals surface area contributed by atoms with Gasteiger partial charge in [0.05, 0.1) is 17.2 Å². The van der Waals surface area contributed by atoms with E-state index in [4.69, 9.17) is 16.3 Å². The fourth-order valence-corrected chi connectivity index (χ4v) is 4.22. The first-order chi connectivity index (χ1) is 18.6. The maximum Gasteiger partial charge on any atom is 0.296 e. The van der Waals surface area contributed by atoms with Gasteiger partial charge in [0.2, 0.25) is 5.82 Å². The van der Waals surface area contributed by atoms with Crippen LogP contribution in [0.5, 0.6) is 5.75 Å². The summed E-state index contributed by atoms with van der Waals surface area (Å²) in [4.78, 5) is 21.2. The molecule has 2 aromatic heterocycles. The lowest BCUT2D eigenvalue weighted by molar-refractivity contribution is 0.0670. The van der Waals surface area contributed by atoms with E-state index >= 15 is 0 Å². The van der Waals surface area contributed by atoms with E-state index in [0.717, 1.165) is 24.0 Å². The maximum absolute atomic E-state index is 13.9. The number of aromatic nitrogens is 4. The number of hydrogen-bond donors (Lipinski definition) is 3. The van der Waals surface area contributed by atoms with E-state index < -0.39 is 11.5 Å². The first-order valence-electron chi connectivity index (χ1n) is 12.7. The molecule has 8 nitrogen and oxygen atoms in total. The minimum atomic E-state index is -0.681. The standard InChI is InChI=1S/C29H31ClFN5O3/c1-18-10-11-20(39-13-7-6-12-29(2,3)38)15-21(18)22-16-25(32-17-23(22)30)34-28(37)27-33-26(35-36-27)14-19-8-4-5-9-24(19)31/h4-5,8-11,15-17,38H,6-7,12-14H2,1-3H3,(H,32,34,37)(H,33,35,36). The number of ether oxygens (including phenoxy) is 1. The number of halogens is 2. The second kappa shape index (κ2) is 12.4. The second-order valence-electron chi connectivity index (χ2n) is 9.97. The van der Waals surface area contributed by atoms with Gasteiger partial charge in [0.1, 0.15) is 23.2 Å². The number of aliphatic hydroxyl groups is 1. The smallest absolute Gasteiger partial charge is 0.296 e. The summed E-state index contributed by atoms with van der Waals surface area (Å²) in [6.45, 7) is 6.08. The zero-order valence-corrected chi connectivity index (χ0v) is 22.8. The third-order valence-corrected chi connectivity index (χ3v) is 6.40. The van der Waals surface area contributed by atoms with E-state index in [1.165, 1.54) is 12.3 Å². The molecule has 0 saturated carbocycles. The molecule has 0 aliphatic rings. The molecule has 0 radical (unpaired) electrons. The normalized spacial score (nSPS) is 11.4. The number of nitrogens with zero attached hydrogens (tertiary/aromatic N) is 3. The van der Waals surface area contributed by atoms with Crippen molar-refractivity contribution in [2.24, 2.45) is 0 Å². The van der Waals surface area contributed by atoms with E-state index in [1.807, 2.05) is 25.1 Å². The maximum atomic E-state index is 13.9. The van der Waals surface area contributed by atoms with Crippen molar-refractivity contribution in [1.29, 1.82) is 0 Å². The van der Waals surface area contributed by atoms with Gasteiger partial charge in [-0.2, -0.15) is 0 Å². The number of aromatic amines is 1. The van der Waals surface area contributed by atoms with Crippen LogP contribution >= 0.6 is 11.6 Å². The molecular formula is C29H31ClFN5O3. The van der Waals surface area contributed by atoms with Crippen LogP contribution in [0.25, 0.3) is 11.1 Å². The number of H-pyrrole nitrogens is 1. The van der Waals surface area contributed by atoms with Crippen molar-refractivity contribution < 1.29 is 19.0 Å². The molecule has 39 heavy (non-hydrogen) atoms. The summed E-state index contributed by atoms with van der Waals surface area (Å²) in [7, 11) is 0. The molecule has 0 atom stereocenters. The number of hydrogen-bond acceptors (Lipinski definition) is 6. The Kier molecular flexibility index (Phi) is 8.93. The Morgan fingerprint density at radius 3 is 2.72 bits per heavy atom. The highest BCUT2D eigenvalue weighted by Crippen LogP contribution is 2.34. The van der Waals surface area contributed by atoms with Gasteiger partial charge in [0.25, 0.3) is 5.91 Å². The van der Waals surface area contributed by atoms with Crippen LogP contribution in [0.1, 0.15) is 60.7 Å². The van der Waals surface area contributed by atoms with Crippen molar-refractivity contribution >= 4 is 23.3 Å². The van der Waals surface area contributed by atoms with Crippen molar-refractivity contribution in [2.45, 2.75) is 52.1 Å². The van der Waals surface area contributed by atoms with Gasteiger partial charge in [0.15, 0.2) is 0 Å². The average Bonchev–Trinajstić information content (AvgIpc) is 3.35. The predicted octanol–water partition coefficient (Wildman–Crippen LogP) is 6.13. The van der Waals surface area contributed by atoms with Gasteiger partial charge in [-0.25, -0.2) is 14.4 Å². The lowest BCUT2D eigenvalue weighted by Gasteiger charge is -2.16. The number of aryl methyl sites for hydroxylation is 1. The Morgan fingerprint density at radius 2 is 1.95 bits per heavy atom. The minimum Gasteiger partial charge on any atom is -0.494 e. The van der Waals surface area contributed by atoms with Crippen molar-refractivity contribution in [3.05, 3.63) is 88.3 Å². The van der Waals surface area contributed by atoms with Gasteiger partial charge >= 0.3 is 0 Å². The van der Waals surface area contributed by atoms with Crippen molar-refractivity contribution in [3.63, 3.8) is 0 Å². The fourth-order valence-electron chi connectivity index (χ4n) is 4.01. The number of pyridine rings is 1. The molecule has 1 amide bonds. The zero-order chi connectivity index (χ0) is 28.0. The van der Waals surface area contributed by atoms with Gasteiger partial charge < -0.3 is 15.2 Å². The number of rotatable bonds is 11. The van der Waals surface area contributed by atoms with Gasteiger partial charge in [-0.1, -0.05) is 35.9 Å². The molecule has 0 unspecified atom stereocenters. The number of amides is 1. The van der Waals surface area contributed by atoms with Crippen molar-refractivity contribution in [1.82, 2.24) is 20.2 Å². The lowest BCUT2D eigenvalue weighted by Crippen LogP contribution is -2.18. The molecule has 2 heterocycles. The number of carbonyl (C=O) groups excluding carboxylic acids is 1. The third-order valence-electron chi connectivity index (χ3n) is 6.10. The van der Waals surface area contributed by atoms with Gasteiger partial charge in [-0.05, 0) is 81.0 Å². The first-order valence-corrected chi connectivity index (χ1v) is 13.0. The largest absolute Gasteiger partial charge is 0.494 e. The number of anilines is 1. The van der Waals surface area contributed by atoms with Crippen LogP contribution < -0.4 is 10.1 Å². The van der Waals surface area contributed by atoms with Crippen LogP contribution in [-0.2, 0) is 6.42 Å². The van der Waals surface area contributed by atoms with Crippen LogP contribution in [0.2, 0.25) is 5.02 Å². The van der Waals surface area contributed by atoms with Crippen LogP contribution in [0.3, 0.4) is 0 Å². The minimum absolute atomic E-state index is 0.0872. The van der Waals surface area contributed by atoms with Gasteiger partial charge in [-0.15, -0.1) is 5.10 Å². The molecule has 3 N–H and O–H groups in total. The zero-order valence-electron chi connectivity index (χ0n) is 22.1.